The van der Waals surface area contributed by atoms with Gasteiger partial charge in [-0.3, -0.25) is 10.1 Å². The van der Waals surface area contributed by atoms with Gasteiger partial charge in [-0.2, -0.15) is 0 Å². The molecule has 0 spiro atoms. The molecule has 5 heteroatoms. The predicted octanol–water partition coefficient (Wildman–Crippen LogP) is 2.91. The predicted molar refractivity (Wildman–Crippen MR) is 68.5 cm³/mol. The second-order valence-electron chi connectivity index (χ2n) is 3.83. The molecule has 0 fully saturated rings. The van der Waals surface area contributed by atoms with E-state index >= 15 is 0 Å². The fourth-order valence-electron chi connectivity index (χ4n) is 1.60. The molecule has 2 rings (SSSR count). The minimum Gasteiger partial charge on any atom is -0.508 e. The standard InChI is InChI=1S/C13H12N2O3/c16-13-6-1-3-10(7-13)9-14-11-4-2-5-12(8-11)15(17)18/h1-8,14,16H,9H2. The van der Waals surface area contributed by atoms with E-state index in [2.05, 4.69) is 5.32 Å². The van der Waals surface area contributed by atoms with E-state index in [0.717, 1.165) is 5.56 Å². The number of nitrogens with zero attached hydrogens (tertiary/aromatic N) is 1. The van der Waals surface area contributed by atoms with Gasteiger partial charge < -0.3 is 10.4 Å². The number of non-ortho nitro benzene ring substituents is 1. The van der Waals surface area contributed by atoms with Crippen LogP contribution in [0.25, 0.3) is 0 Å². The number of hydrogen-bond acceptors (Lipinski definition) is 4. The molecule has 2 N–H and O–H groups in total. The normalized spacial score (nSPS) is 10.0. The average Bonchev–Trinajstić information content (AvgIpc) is 2.37. The van der Waals surface area contributed by atoms with E-state index in [1.165, 1.54) is 12.1 Å². The Kier molecular flexibility index (Phi) is 3.43. The van der Waals surface area contributed by atoms with Gasteiger partial charge in [0.05, 0.1) is 4.92 Å². The van der Waals surface area contributed by atoms with Crippen molar-refractivity contribution in [1.29, 1.82) is 0 Å². The molecule has 0 radical (unpaired) electrons. The summed E-state index contributed by atoms with van der Waals surface area (Å²) in [4.78, 5) is 10.2. The van der Waals surface area contributed by atoms with E-state index in [9.17, 15) is 15.2 Å². The lowest BCUT2D eigenvalue weighted by molar-refractivity contribution is -0.384. The summed E-state index contributed by atoms with van der Waals surface area (Å²) in [5, 5.41) is 23.0. The van der Waals surface area contributed by atoms with Gasteiger partial charge >= 0.3 is 0 Å². The summed E-state index contributed by atoms with van der Waals surface area (Å²) in [7, 11) is 0. The van der Waals surface area contributed by atoms with Crippen LogP contribution < -0.4 is 5.32 Å². The van der Waals surface area contributed by atoms with E-state index in [1.807, 2.05) is 6.07 Å². The van der Waals surface area contributed by atoms with Gasteiger partial charge in [0.1, 0.15) is 5.75 Å². The van der Waals surface area contributed by atoms with Gasteiger partial charge in [0.25, 0.3) is 5.69 Å². The summed E-state index contributed by atoms with van der Waals surface area (Å²) in [5.41, 5.74) is 1.63. The highest BCUT2D eigenvalue weighted by Crippen LogP contribution is 2.18. The summed E-state index contributed by atoms with van der Waals surface area (Å²) in [6.07, 6.45) is 0. The van der Waals surface area contributed by atoms with E-state index in [4.69, 9.17) is 0 Å². The minimum atomic E-state index is -0.431. The summed E-state index contributed by atoms with van der Waals surface area (Å²) >= 11 is 0. The monoisotopic (exact) mass is 244 g/mol. The Bertz CT molecular complexity index is 570. The largest absolute Gasteiger partial charge is 0.508 e. The van der Waals surface area contributed by atoms with Crippen molar-refractivity contribution in [2.75, 3.05) is 5.32 Å². The van der Waals surface area contributed by atoms with E-state index in [1.54, 1.807) is 30.3 Å². The molecule has 2 aromatic rings. The van der Waals surface area contributed by atoms with Crippen LogP contribution in [0.15, 0.2) is 48.5 Å². The number of benzene rings is 2. The molecule has 0 saturated heterocycles. The van der Waals surface area contributed by atoms with Crippen LogP contribution in [0.2, 0.25) is 0 Å². The van der Waals surface area contributed by atoms with Crippen LogP contribution in [0.1, 0.15) is 5.56 Å². The first-order valence-corrected chi connectivity index (χ1v) is 5.41. The Balaban J connectivity index is 2.06. The van der Waals surface area contributed by atoms with Crippen LogP contribution >= 0.6 is 0 Å². The third kappa shape index (κ3) is 2.98. The molecule has 0 atom stereocenters. The first-order valence-electron chi connectivity index (χ1n) is 5.41. The van der Waals surface area contributed by atoms with Crippen molar-refractivity contribution in [3.8, 4) is 5.75 Å². The van der Waals surface area contributed by atoms with Gasteiger partial charge in [-0.1, -0.05) is 18.2 Å². The molecule has 5 nitrogen and oxygen atoms in total. The Morgan fingerprint density at radius 1 is 1.17 bits per heavy atom. The summed E-state index contributed by atoms with van der Waals surface area (Å²) in [6.45, 7) is 0.496. The zero-order valence-electron chi connectivity index (χ0n) is 9.54. The molecule has 0 saturated carbocycles. The lowest BCUT2D eigenvalue weighted by Crippen LogP contribution is -1.99. The van der Waals surface area contributed by atoms with Crippen molar-refractivity contribution in [1.82, 2.24) is 0 Å². The molecular weight excluding hydrogens is 232 g/mol. The number of aromatic hydroxyl groups is 1. The zero-order chi connectivity index (χ0) is 13.0. The average molecular weight is 244 g/mol. The highest BCUT2D eigenvalue weighted by Gasteiger charge is 2.05. The van der Waals surface area contributed by atoms with Crippen molar-refractivity contribution in [2.24, 2.45) is 0 Å². The number of rotatable bonds is 4. The van der Waals surface area contributed by atoms with Gasteiger partial charge in [-0.05, 0) is 23.8 Å². The summed E-state index contributed by atoms with van der Waals surface area (Å²) in [5.74, 6) is 0.202. The molecule has 0 aromatic heterocycles. The maximum atomic E-state index is 10.6. The Labute approximate surface area is 104 Å². The van der Waals surface area contributed by atoms with Crippen molar-refractivity contribution in [3.63, 3.8) is 0 Å². The molecule has 0 unspecified atom stereocenters. The molecule has 0 aliphatic rings. The smallest absolute Gasteiger partial charge is 0.271 e. The van der Waals surface area contributed by atoms with Crippen LogP contribution in [-0.4, -0.2) is 10.0 Å². The van der Waals surface area contributed by atoms with Crippen molar-refractivity contribution >= 4 is 11.4 Å². The molecular formula is C13H12N2O3. The molecule has 0 heterocycles. The number of nitro benzene ring substituents is 1. The van der Waals surface area contributed by atoms with Gasteiger partial charge in [0, 0.05) is 24.4 Å². The molecule has 0 aliphatic heterocycles. The van der Waals surface area contributed by atoms with E-state index < -0.39 is 4.92 Å². The van der Waals surface area contributed by atoms with Gasteiger partial charge in [0.15, 0.2) is 0 Å². The number of nitrogens with one attached hydrogen (secondary N) is 1. The van der Waals surface area contributed by atoms with Gasteiger partial charge in [-0.25, -0.2) is 0 Å². The maximum Gasteiger partial charge on any atom is 0.271 e. The van der Waals surface area contributed by atoms with Crippen LogP contribution in [0.5, 0.6) is 5.75 Å². The summed E-state index contributed by atoms with van der Waals surface area (Å²) < 4.78 is 0. The van der Waals surface area contributed by atoms with Crippen molar-refractivity contribution in [3.05, 3.63) is 64.2 Å². The van der Waals surface area contributed by atoms with Crippen LogP contribution in [-0.2, 0) is 6.54 Å². The number of phenols is 1. The molecule has 2 aromatic carbocycles. The van der Waals surface area contributed by atoms with Crippen molar-refractivity contribution in [2.45, 2.75) is 6.54 Å². The lowest BCUT2D eigenvalue weighted by Gasteiger charge is -2.06. The van der Waals surface area contributed by atoms with Gasteiger partial charge in [0.2, 0.25) is 0 Å². The first kappa shape index (κ1) is 11.9. The highest BCUT2D eigenvalue weighted by atomic mass is 16.6. The Morgan fingerprint density at radius 2 is 1.94 bits per heavy atom. The van der Waals surface area contributed by atoms with Crippen LogP contribution in [0.4, 0.5) is 11.4 Å². The number of phenolic OH excluding ortho intramolecular Hbond substituents is 1. The lowest BCUT2D eigenvalue weighted by atomic mass is 10.2. The SMILES string of the molecule is O=[N+]([O-])c1cccc(NCc2cccc(O)c2)c1. The fraction of sp³-hybridized carbons (Fsp3) is 0.0769. The highest BCUT2D eigenvalue weighted by molar-refractivity contribution is 5.51. The molecule has 0 bridgehead atoms. The number of hydrogen-bond donors (Lipinski definition) is 2. The third-order valence-electron chi connectivity index (χ3n) is 2.46. The van der Waals surface area contributed by atoms with E-state index in [-0.39, 0.29) is 11.4 Å². The second kappa shape index (κ2) is 5.18. The fourth-order valence-corrected chi connectivity index (χ4v) is 1.60. The van der Waals surface area contributed by atoms with Crippen molar-refractivity contribution < 1.29 is 10.0 Å². The quantitative estimate of drug-likeness (QED) is 0.640. The molecule has 0 aliphatic carbocycles. The van der Waals surface area contributed by atoms with E-state index in [0.29, 0.717) is 12.2 Å². The Morgan fingerprint density at radius 3 is 2.67 bits per heavy atom. The second-order valence-corrected chi connectivity index (χ2v) is 3.83. The van der Waals surface area contributed by atoms with Gasteiger partial charge in [-0.15, -0.1) is 0 Å². The van der Waals surface area contributed by atoms with Crippen LogP contribution in [0.3, 0.4) is 0 Å². The van der Waals surface area contributed by atoms with Crippen LogP contribution in [0, 0.1) is 10.1 Å². The number of anilines is 1. The first-order chi connectivity index (χ1) is 8.65. The molecule has 18 heavy (non-hydrogen) atoms. The number of nitro groups is 1. The summed E-state index contributed by atoms with van der Waals surface area (Å²) in [6, 6.07) is 13.2. The minimum absolute atomic E-state index is 0.0518. The third-order valence-corrected chi connectivity index (χ3v) is 2.46. The molecule has 0 amide bonds. The zero-order valence-corrected chi connectivity index (χ0v) is 9.54. The Hall–Kier alpha value is -2.56. The topological polar surface area (TPSA) is 75.4 Å². The molecule has 92 valence electrons. The maximum absolute atomic E-state index is 10.6.